The van der Waals surface area contributed by atoms with Crippen LogP contribution in [0.1, 0.15) is 40.7 Å². The first-order valence-corrected chi connectivity index (χ1v) is 7.66. The van der Waals surface area contributed by atoms with Crippen molar-refractivity contribution in [3.63, 3.8) is 0 Å². The van der Waals surface area contributed by atoms with Crippen molar-refractivity contribution in [2.75, 3.05) is 5.73 Å². The molecule has 2 aromatic carbocycles. The number of nitrogen functional groups attached to an aromatic ring is 1. The number of anilines is 1. The van der Waals surface area contributed by atoms with E-state index in [-0.39, 0.29) is 5.91 Å². The summed E-state index contributed by atoms with van der Waals surface area (Å²) in [5.74, 6) is -0.334. The van der Waals surface area contributed by atoms with Gasteiger partial charge in [-0.1, -0.05) is 18.2 Å². The minimum Gasteiger partial charge on any atom is -0.399 e. The quantitative estimate of drug-likeness (QED) is 0.831. The van der Waals surface area contributed by atoms with E-state index in [1.807, 2.05) is 0 Å². The highest BCUT2D eigenvalue weighted by Crippen LogP contribution is 2.43. The standard InChI is InChI=1S/C18H17F3N2O/c19-18(20,21)14-6-2-5-13(11-14)17(8-3-9-17)23-16(24)12-4-1-7-15(22)10-12/h1-2,4-7,10-11H,3,8-9,22H2,(H,23,24). The van der Waals surface area contributed by atoms with Gasteiger partial charge in [0.2, 0.25) is 0 Å². The van der Waals surface area contributed by atoms with E-state index in [2.05, 4.69) is 5.32 Å². The molecule has 3 rings (SSSR count). The monoisotopic (exact) mass is 334 g/mol. The smallest absolute Gasteiger partial charge is 0.399 e. The molecule has 0 radical (unpaired) electrons. The van der Waals surface area contributed by atoms with Gasteiger partial charge >= 0.3 is 6.18 Å². The van der Waals surface area contributed by atoms with E-state index in [0.29, 0.717) is 29.7 Å². The molecule has 0 aliphatic heterocycles. The summed E-state index contributed by atoms with van der Waals surface area (Å²) in [7, 11) is 0. The van der Waals surface area contributed by atoms with E-state index in [1.165, 1.54) is 6.07 Å². The zero-order valence-corrected chi connectivity index (χ0v) is 12.9. The molecule has 1 saturated carbocycles. The number of amides is 1. The molecule has 3 nitrogen and oxygen atoms in total. The summed E-state index contributed by atoms with van der Waals surface area (Å²) in [6, 6.07) is 11.7. The summed E-state index contributed by atoms with van der Waals surface area (Å²) in [6.45, 7) is 0. The summed E-state index contributed by atoms with van der Waals surface area (Å²) in [5.41, 5.74) is 5.58. The van der Waals surface area contributed by atoms with E-state index in [1.54, 1.807) is 30.3 Å². The number of nitrogens with two attached hydrogens (primary N) is 1. The fraction of sp³-hybridized carbons (Fsp3) is 0.278. The Labute approximate surface area is 137 Å². The van der Waals surface area contributed by atoms with Crippen LogP contribution in [0.5, 0.6) is 0 Å². The molecule has 126 valence electrons. The van der Waals surface area contributed by atoms with Gasteiger partial charge in [0, 0.05) is 11.3 Å². The van der Waals surface area contributed by atoms with Crippen LogP contribution in [0.2, 0.25) is 0 Å². The van der Waals surface area contributed by atoms with Crippen LogP contribution < -0.4 is 11.1 Å². The zero-order chi connectivity index (χ0) is 17.4. The van der Waals surface area contributed by atoms with Gasteiger partial charge in [0.25, 0.3) is 5.91 Å². The van der Waals surface area contributed by atoms with Crippen LogP contribution in [-0.2, 0) is 11.7 Å². The normalized spacial score (nSPS) is 16.3. The fourth-order valence-electron chi connectivity index (χ4n) is 2.98. The van der Waals surface area contributed by atoms with Crippen LogP contribution >= 0.6 is 0 Å². The number of carbonyl (C=O) groups excluding carboxylic acids is 1. The molecular formula is C18H17F3N2O. The summed E-state index contributed by atoms with van der Waals surface area (Å²) < 4.78 is 38.8. The van der Waals surface area contributed by atoms with Crippen molar-refractivity contribution in [2.45, 2.75) is 31.0 Å². The second kappa shape index (κ2) is 5.85. The highest BCUT2D eigenvalue weighted by atomic mass is 19.4. The Morgan fingerprint density at radius 1 is 1.08 bits per heavy atom. The van der Waals surface area contributed by atoms with Gasteiger partial charge in [-0.15, -0.1) is 0 Å². The predicted molar refractivity (Wildman–Crippen MR) is 85.3 cm³/mol. The number of rotatable bonds is 3. The van der Waals surface area contributed by atoms with Crippen molar-refractivity contribution in [1.82, 2.24) is 5.32 Å². The van der Waals surface area contributed by atoms with Crippen molar-refractivity contribution < 1.29 is 18.0 Å². The van der Waals surface area contributed by atoms with E-state index in [4.69, 9.17) is 5.73 Å². The molecule has 0 saturated heterocycles. The molecule has 1 aliphatic rings. The number of nitrogens with one attached hydrogen (secondary N) is 1. The molecule has 1 fully saturated rings. The molecule has 6 heteroatoms. The van der Waals surface area contributed by atoms with E-state index >= 15 is 0 Å². The largest absolute Gasteiger partial charge is 0.416 e. The Kier molecular flexibility index (Phi) is 3.99. The zero-order valence-electron chi connectivity index (χ0n) is 12.9. The Morgan fingerprint density at radius 2 is 1.79 bits per heavy atom. The molecule has 0 unspecified atom stereocenters. The lowest BCUT2D eigenvalue weighted by molar-refractivity contribution is -0.137. The Hall–Kier alpha value is -2.50. The summed E-state index contributed by atoms with van der Waals surface area (Å²) in [4.78, 5) is 12.5. The average Bonchev–Trinajstić information content (AvgIpc) is 2.50. The molecule has 0 bridgehead atoms. The lowest BCUT2D eigenvalue weighted by Crippen LogP contribution is -2.50. The van der Waals surface area contributed by atoms with Crippen LogP contribution in [0.15, 0.2) is 48.5 Å². The minimum absolute atomic E-state index is 0.334. The summed E-state index contributed by atoms with van der Waals surface area (Å²) in [6.07, 6.45) is -2.32. The van der Waals surface area contributed by atoms with E-state index in [0.717, 1.165) is 18.6 Å². The molecule has 24 heavy (non-hydrogen) atoms. The summed E-state index contributed by atoms with van der Waals surface area (Å²) in [5, 5.41) is 2.91. The molecule has 0 aromatic heterocycles. The second-order valence-corrected chi connectivity index (χ2v) is 6.09. The van der Waals surface area contributed by atoms with Gasteiger partial charge in [-0.3, -0.25) is 4.79 Å². The Bertz CT molecular complexity index is 767. The van der Waals surface area contributed by atoms with Crippen molar-refractivity contribution in [1.29, 1.82) is 0 Å². The van der Waals surface area contributed by atoms with Crippen LogP contribution in [0, 0.1) is 0 Å². The third kappa shape index (κ3) is 3.09. The van der Waals surface area contributed by atoms with Crippen LogP contribution in [0.25, 0.3) is 0 Å². The molecule has 0 spiro atoms. The van der Waals surface area contributed by atoms with E-state index < -0.39 is 17.3 Å². The molecule has 0 heterocycles. The van der Waals surface area contributed by atoms with Crippen molar-refractivity contribution in [3.05, 3.63) is 65.2 Å². The number of carbonyl (C=O) groups is 1. The maximum absolute atomic E-state index is 12.9. The maximum atomic E-state index is 12.9. The topological polar surface area (TPSA) is 55.1 Å². The lowest BCUT2D eigenvalue weighted by atomic mass is 9.71. The predicted octanol–water partition coefficient (Wildman–Crippen LogP) is 4.10. The van der Waals surface area contributed by atoms with Gasteiger partial charge in [0.1, 0.15) is 0 Å². The molecule has 3 N–H and O–H groups in total. The fourth-order valence-corrected chi connectivity index (χ4v) is 2.98. The van der Waals surface area contributed by atoms with Crippen molar-refractivity contribution in [2.24, 2.45) is 0 Å². The molecule has 1 aliphatic carbocycles. The van der Waals surface area contributed by atoms with Gasteiger partial charge in [-0.25, -0.2) is 0 Å². The number of alkyl halides is 3. The van der Waals surface area contributed by atoms with Gasteiger partial charge in [0.15, 0.2) is 0 Å². The molecule has 2 aromatic rings. The minimum atomic E-state index is -4.40. The molecule has 1 amide bonds. The molecule has 0 atom stereocenters. The number of hydrogen-bond donors (Lipinski definition) is 2. The van der Waals surface area contributed by atoms with Gasteiger partial charge < -0.3 is 11.1 Å². The van der Waals surface area contributed by atoms with Gasteiger partial charge in [-0.05, 0) is 55.2 Å². The van der Waals surface area contributed by atoms with Crippen molar-refractivity contribution >= 4 is 11.6 Å². The van der Waals surface area contributed by atoms with Crippen LogP contribution in [0.4, 0.5) is 18.9 Å². The number of hydrogen-bond acceptors (Lipinski definition) is 2. The van der Waals surface area contributed by atoms with Crippen LogP contribution in [0.3, 0.4) is 0 Å². The lowest BCUT2D eigenvalue weighted by Gasteiger charge is -2.43. The Balaban J connectivity index is 1.89. The highest BCUT2D eigenvalue weighted by Gasteiger charge is 2.41. The first-order valence-electron chi connectivity index (χ1n) is 7.66. The first kappa shape index (κ1) is 16.4. The number of benzene rings is 2. The van der Waals surface area contributed by atoms with Gasteiger partial charge in [0.05, 0.1) is 11.1 Å². The Morgan fingerprint density at radius 3 is 2.38 bits per heavy atom. The van der Waals surface area contributed by atoms with Crippen LogP contribution in [-0.4, -0.2) is 5.91 Å². The SMILES string of the molecule is Nc1cccc(C(=O)NC2(c3cccc(C(F)(F)F)c3)CCC2)c1. The first-order chi connectivity index (χ1) is 11.3. The van der Waals surface area contributed by atoms with E-state index in [9.17, 15) is 18.0 Å². The second-order valence-electron chi connectivity index (χ2n) is 6.09. The molecular weight excluding hydrogens is 317 g/mol. The van der Waals surface area contributed by atoms with Crippen molar-refractivity contribution in [3.8, 4) is 0 Å². The third-order valence-electron chi connectivity index (χ3n) is 4.45. The van der Waals surface area contributed by atoms with Gasteiger partial charge in [-0.2, -0.15) is 13.2 Å². The third-order valence-corrected chi connectivity index (χ3v) is 4.45. The average molecular weight is 334 g/mol. The maximum Gasteiger partial charge on any atom is 0.416 e. The summed E-state index contributed by atoms with van der Waals surface area (Å²) >= 11 is 0. The highest BCUT2D eigenvalue weighted by molar-refractivity contribution is 5.95. The number of halogens is 3.